The highest BCUT2D eigenvalue weighted by Gasteiger charge is 2.50. The van der Waals surface area contributed by atoms with E-state index in [0.717, 1.165) is 0 Å². The van der Waals surface area contributed by atoms with E-state index in [0.29, 0.717) is 0 Å². The van der Waals surface area contributed by atoms with Crippen molar-refractivity contribution in [1.82, 2.24) is 0 Å². The van der Waals surface area contributed by atoms with Gasteiger partial charge >= 0.3 is 0 Å². The molecule has 0 bridgehead atoms. The van der Waals surface area contributed by atoms with Crippen molar-refractivity contribution in [1.29, 1.82) is 0 Å². The van der Waals surface area contributed by atoms with Gasteiger partial charge in [-0.05, 0) is 62.3 Å². The van der Waals surface area contributed by atoms with Crippen LogP contribution in [-0.4, -0.2) is 27.8 Å². The van der Waals surface area contributed by atoms with E-state index in [4.69, 9.17) is 24.8 Å². The zero-order valence-electron chi connectivity index (χ0n) is 13.5. The first kappa shape index (κ1) is 18.8. The lowest BCUT2D eigenvalue weighted by Gasteiger charge is -2.40. The van der Waals surface area contributed by atoms with Gasteiger partial charge in [0.25, 0.3) is 5.79 Å². The quantitative estimate of drug-likeness (QED) is 0.456. The summed E-state index contributed by atoms with van der Waals surface area (Å²) in [5.74, 6) is -1.46. The molecule has 19 heavy (non-hydrogen) atoms. The molecule has 0 aromatic heterocycles. The van der Waals surface area contributed by atoms with Crippen LogP contribution in [0.2, 0.25) is 0 Å². The lowest BCUT2D eigenvalue weighted by Crippen LogP contribution is -2.54. The topological polar surface area (TPSA) is 66.4 Å². The van der Waals surface area contributed by atoms with E-state index in [2.05, 4.69) is 4.89 Å². The third kappa shape index (κ3) is 6.65. The molecule has 6 heteroatoms. The van der Waals surface area contributed by atoms with Crippen LogP contribution in [0.4, 0.5) is 0 Å². The first-order valence-corrected chi connectivity index (χ1v) is 6.29. The van der Waals surface area contributed by atoms with Crippen LogP contribution in [0.1, 0.15) is 62.3 Å². The van der Waals surface area contributed by atoms with Crippen LogP contribution in [0.5, 0.6) is 0 Å². The highest BCUT2D eigenvalue weighted by Crippen LogP contribution is 2.33. The molecule has 0 aliphatic rings. The van der Waals surface area contributed by atoms with Gasteiger partial charge in [0, 0.05) is 0 Å². The van der Waals surface area contributed by atoms with Gasteiger partial charge in [0.1, 0.15) is 0 Å². The Hall–Kier alpha value is -0.240. The fraction of sp³-hybridized carbons (Fsp3) is 1.00. The molecular weight excluding hydrogens is 252 g/mol. The minimum atomic E-state index is -1.46. The maximum absolute atomic E-state index is 9.02. The van der Waals surface area contributed by atoms with E-state index < -0.39 is 22.6 Å². The number of hydrogen-bond acceptors (Lipinski definition) is 6. The van der Waals surface area contributed by atoms with Gasteiger partial charge < -0.3 is 0 Å². The molecule has 0 aromatic carbocycles. The van der Waals surface area contributed by atoms with E-state index in [1.54, 1.807) is 20.8 Å². The van der Waals surface area contributed by atoms with Crippen LogP contribution >= 0.6 is 0 Å². The van der Waals surface area contributed by atoms with Crippen LogP contribution in [0.3, 0.4) is 0 Å². The zero-order valence-corrected chi connectivity index (χ0v) is 13.5. The van der Waals surface area contributed by atoms with E-state index >= 15 is 0 Å². The summed E-state index contributed by atoms with van der Waals surface area (Å²) < 4.78 is 0. The molecular formula is C13H28O6. The average Bonchev–Trinajstić information content (AvgIpc) is 2.21. The SMILES string of the molecule is CC(C)(C)OOC(C)(OOC(C)(C)C)C(C)(C)OO. The van der Waals surface area contributed by atoms with Crippen molar-refractivity contribution in [2.75, 3.05) is 0 Å². The summed E-state index contributed by atoms with van der Waals surface area (Å²) in [5, 5.41) is 9.02. The minimum Gasteiger partial charge on any atom is -0.251 e. The van der Waals surface area contributed by atoms with Crippen LogP contribution in [-0.2, 0) is 24.4 Å². The Morgan fingerprint density at radius 1 is 0.579 bits per heavy atom. The third-order valence-electron chi connectivity index (χ3n) is 2.22. The van der Waals surface area contributed by atoms with Gasteiger partial charge in [-0.1, -0.05) is 0 Å². The van der Waals surface area contributed by atoms with Gasteiger partial charge in [-0.3, -0.25) is 5.26 Å². The molecule has 0 fully saturated rings. The molecule has 0 aliphatic carbocycles. The summed E-state index contributed by atoms with van der Waals surface area (Å²) in [6.45, 7) is 15.7. The molecule has 116 valence electrons. The average molecular weight is 280 g/mol. The maximum Gasteiger partial charge on any atom is 0.262 e. The summed E-state index contributed by atoms with van der Waals surface area (Å²) in [5.41, 5.74) is -2.29. The molecule has 0 aliphatic heterocycles. The fourth-order valence-corrected chi connectivity index (χ4v) is 0.707. The number of rotatable bonds is 6. The summed E-state index contributed by atoms with van der Waals surface area (Å²) in [4.78, 5) is 25.6. The molecule has 0 unspecified atom stereocenters. The molecule has 0 heterocycles. The monoisotopic (exact) mass is 280 g/mol. The first-order chi connectivity index (χ1) is 8.22. The number of hydrogen-bond donors (Lipinski definition) is 1. The Morgan fingerprint density at radius 2 is 0.895 bits per heavy atom. The van der Waals surface area contributed by atoms with Crippen LogP contribution in [0.15, 0.2) is 0 Å². The van der Waals surface area contributed by atoms with Crippen molar-refractivity contribution in [3.63, 3.8) is 0 Å². The van der Waals surface area contributed by atoms with Gasteiger partial charge in [-0.25, -0.2) is 14.7 Å². The molecule has 0 saturated heterocycles. The first-order valence-electron chi connectivity index (χ1n) is 6.29. The smallest absolute Gasteiger partial charge is 0.251 e. The van der Waals surface area contributed by atoms with Gasteiger partial charge in [-0.2, -0.15) is 9.78 Å². The largest absolute Gasteiger partial charge is 0.262 e. The van der Waals surface area contributed by atoms with Crippen LogP contribution in [0.25, 0.3) is 0 Å². The van der Waals surface area contributed by atoms with Crippen LogP contribution < -0.4 is 0 Å². The highest BCUT2D eigenvalue weighted by molar-refractivity contribution is 4.83. The normalized spacial score (nSPS) is 14.8. The molecule has 6 nitrogen and oxygen atoms in total. The predicted octanol–water partition coefficient (Wildman–Crippen LogP) is 3.46. The standard InChI is InChI=1S/C13H28O6/c1-10(2,3)16-18-13(9,12(7,8)15-14)19-17-11(4,5)6/h14H,1-9H3. The van der Waals surface area contributed by atoms with Gasteiger partial charge in [0.15, 0.2) is 5.60 Å². The van der Waals surface area contributed by atoms with E-state index in [1.165, 1.54) is 0 Å². The minimum absolute atomic E-state index is 0.544. The van der Waals surface area contributed by atoms with Crippen molar-refractivity contribution in [3.8, 4) is 0 Å². The zero-order chi connectivity index (χ0) is 15.5. The van der Waals surface area contributed by atoms with Crippen molar-refractivity contribution in [3.05, 3.63) is 0 Å². The summed E-state index contributed by atoms with van der Waals surface area (Å²) in [7, 11) is 0. The molecule has 0 rings (SSSR count). The van der Waals surface area contributed by atoms with Gasteiger partial charge in [0.2, 0.25) is 0 Å². The molecule has 1 N–H and O–H groups in total. The van der Waals surface area contributed by atoms with E-state index in [9.17, 15) is 0 Å². The van der Waals surface area contributed by atoms with Crippen molar-refractivity contribution < 1.29 is 29.7 Å². The lowest BCUT2D eigenvalue weighted by atomic mass is 10.00. The van der Waals surface area contributed by atoms with Crippen LogP contribution in [0, 0.1) is 0 Å². The van der Waals surface area contributed by atoms with Crippen molar-refractivity contribution in [2.24, 2.45) is 0 Å². The second-order valence-corrected chi connectivity index (χ2v) is 7.11. The molecule has 0 amide bonds. The van der Waals surface area contributed by atoms with Crippen molar-refractivity contribution >= 4 is 0 Å². The predicted molar refractivity (Wildman–Crippen MR) is 70.0 cm³/mol. The second-order valence-electron chi connectivity index (χ2n) is 7.11. The van der Waals surface area contributed by atoms with Crippen molar-refractivity contribution in [2.45, 2.75) is 84.9 Å². The van der Waals surface area contributed by atoms with Gasteiger partial charge in [-0.15, -0.1) is 0 Å². The second kappa shape index (κ2) is 6.03. The Balaban J connectivity index is 4.93. The van der Waals surface area contributed by atoms with E-state index in [-0.39, 0.29) is 0 Å². The molecule has 0 atom stereocenters. The maximum atomic E-state index is 9.02. The molecule has 0 spiro atoms. The van der Waals surface area contributed by atoms with Gasteiger partial charge in [0.05, 0.1) is 11.2 Å². The summed E-state index contributed by atoms with van der Waals surface area (Å²) >= 11 is 0. The Bertz CT molecular complexity index is 256. The fourth-order valence-electron chi connectivity index (χ4n) is 0.707. The lowest BCUT2D eigenvalue weighted by molar-refractivity contribution is -0.574. The Labute approximate surface area is 115 Å². The summed E-state index contributed by atoms with van der Waals surface area (Å²) in [6.07, 6.45) is 0. The third-order valence-corrected chi connectivity index (χ3v) is 2.22. The summed E-state index contributed by atoms with van der Waals surface area (Å²) in [6, 6.07) is 0. The Morgan fingerprint density at radius 3 is 1.11 bits per heavy atom. The molecule has 0 radical (unpaired) electrons. The molecule has 0 aromatic rings. The molecule has 0 saturated carbocycles. The van der Waals surface area contributed by atoms with E-state index in [1.807, 2.05) is 41.5 Å². The Kier molecular flexibility index (Phi) is 5.96. The highest BCUT2D eigenvalue weighted by atomic mass is 17.3.